The van der Waals surface area contributed by atoms with Crippen molar-refractivity contribution in [2.75, 3.05) is 0 Å². The number of H-pyrrole nitrogens is 1. The van der Waals surface area contributed by atoms with Gasteiger partial charge in [0, 0.05) is 17.3 Å². The van der Waals surface area contributed by atoms with E-state index in [4.69, 9.17) is 11.6 Å². The van der Waals surface area contributed by atoms with Crippen molar-refractivity contribution in [2.45, 2.75) is 24.3 Å². The van der Waals surface area contributed by atoms with E-state index in [2.05, 4.69) is 14.9 Å². The molecule has 102 valence electrons. The summed E-state index contributed by atoms with van der Waals surface area (Å²) in [5.41, 5.74) is 0.981. The second-order valence-corrected chi connectivity index (χ2v) is 6.44. The molecule has 0 bridgehead atoms. The molecule has 0 radical (unpaired) electrons. The van der Waals surface area contributed by atoms with Gasteiger partial charge < -0.3 is 0 Å². The molecule has 0 aliphatic heterocycles. The lowest BCUT2D eigenvalue weighted by molar-refractivity contribution is 0.560. The average Bonchev–Trinajstić information content (AvgIpc) is 2.81. The molecule has 0 amide bonds. The lowest BCUT2D eigenvalue weighted by Crippen LogP contribution is -2.33. The van der Waals surface area contributed by atoms with Crippen LogP contribution in [0.15, 0.2) is 41.6 Å². The van der Waals surface area contributed by atoms with Crippen LogP contribution in [-0.4, -0.2) is 24.7 Å². The summed E-state index contributed by atoms with van der Waals surface area (Å²) in [5, 5.41) is 6.75. The maximum atomic E-state index is 12.0. The summed E-state index contributed by atoms with van der Waals surface area (Å²) >= 11 is 5.89. The van der Waals surface area contributed by atoms with E-state index < -0.39 is 10.0 Å². The summed E-state index contributed by atoms with van der Waals surface area (Å²) in [6.45, 7) is 1.80. The predicted molar refractivity (Wildman–Crippen MR) is 73.5 cm³/mol. The van der Waals surface area contributed by atoms with Crippen molar-refractivity contribution in [1.29, 1.82) is 0 Å². The number of rotatable bonds is 5. The summed E-state index contributed by atoms with van der Waals surface area (Å²) in [6, 6.07) is 7.12. The molecule has 1 aromatic carbocycles. The fourth-order valence-electron chi connectivity index (χ4n) is 1.78. The molecule has 1 aromatic heterocycles. The third-order valence-electron chi connectivity index (χ3n) is 2.57. The third-order valence-corrected chi connectivity index (χ3v) is 4.36. The molecule has 0 aliphatic rings. The van der Waals surface area contributed by atoms with Crippen molar-refractivity contribution in [3.05, 3.63) is 47.2 Å². The van der Waals surface area contributed by atoms with Crippen LogP contribution in [0.2, 0.25) is 5.02 Å². The summed E-state index contributed by atoms with van der Waals surface area (Å²) in [6.07, 6.45) is 3.18. The number of hydrogen-bond acceptors (Lipinski definition) is 3. The van der Waals surface area contributed by atoms with E-state index >= 15 is 0 Å². The lowest BCUT2D eigenvalue weighted by atomic mass is 10.1. The minimum absolute atomic E-state index is 0.130. The average molecular weight is 300 g/mol. The van der Waals surface area contributed by atoms with E-state index in [1.54, 1.807) is 13.0 Å². The van der Waals surface area contributed by atoms with Crippen LogP contribution < -0.4 is 4.72 Å². The highest BCUT2D eigenvalue weighted by atomic mass is 35.5. The van der Waals surface area contributed by atoms with Crippen LogP contribution in [0.3, 0.4) is 0 Å². The summed E-state index contributed by atoms with van der Waals surface area (Å²) in [4.78, 5) is 0.130. The topological polar surface area (TPSA) is 74.8 Å². The summed E-state index contributed by atoms with van der Waals surface area (Å²) < 4.78 is 26.5. The first kappa shape index (κ1) is 14.0. The molecule has 0 saturated carbocycles. The maximum absolute atomic E-state index is 12.0. The highest BCUT2D eigenvalue weighted by Crippen LogP contribution is 2.13. The van der Waals surface area contributed by atoms with Crippen molar-refractivity contribution in [1.82, 2.24) is 14.9 Å². The van der Waals surface area contributed by atoms with Gasteiger partial charge in [0.15, 0.2) is 0 Å². The first-order valence-corrected chi connectivity index (χ1v) is 7.59. The zero-order chi connectivity index (χ0) is 13.9. The molecule has 5 nitrogen and oxygen atoms in total. The number of hydrogen-bond donors (Lipinski definition) is 2. The Hall–Kier alpha value is -1.37. The largest absolute Gasteiger partial charge is 0.284 e. The standard InChI is InChI=1S/C12H14ClN3O2S/c1-9(5-10-3-2-4-11(13)6-10)16-19(17,18)12-7-14-15-8-12/h2-4,6-9,16H,5H2,1H3,(H,14,15). The quantitative estimate of drug-likeness (QED) is 0.886. The second-order valence-electron chi connectivity index (χ2n) is 4.29. The minimum atomic E-state index is -3.52. The van der Waals surface area contributed by atoms with E-state index in [9.17, 15) is 8.42 Å². The Kier molecular flexibility index (Phi) is 4.24. The van der Waals surface area contributed by atoms with E-state index in [1.165, 1.54) is 12.4 Å². The molecule has 0 saturated heterocycles. The van der Waals surface area contributed by atoms with Gasteiger partial charge in [-0.15, -0.1) is 0 Å². The van der Waals surface area contributed by atoms with Crippen LogP contribution in [0.5, 0.6) is 0 Å². The molecular formula is C12H14ClN3O2S. The van der Waals surface area contributed by atoms with Crippen molar-refractivity contribution in [3.63, 3.8) is 0 Å². The zero-order valence-corrected chi connectivity index (χ0v) is 11.9. The van der Waals surface area contributed by atoms with Crippen LogP contribution in [0, 0.1) is 0 Å². The Morgan fingerprint density at radius 1 is 1.47 bits per heavy atom. The number of nitrogens with zero attached hydrogens (tertiary/aromatic N) is 1. The zero-order valence-electron chi connectivity index (χ0n) is 10.3. The molecule has 2 aromatic rings. The molecule has 1 heterocycles. The SMILES string of the molecule is CC(Cc1cccc(Cl)c1)NS(=O)(=O)c1cn[nH]c1. The Bertz CT molecular complexity index is 641. The molecule has 19 heavy (non-hydrogen) atoms. The number of sulfonamides is 1. The predicted octanol–water partition coefficient (Wildman–Crippen LogP) is 1.97. The van der Waals surface area contributed by atoms with Crippen molar-refractivity contribution >= 4 is 21.6 Å². The Labute approximate surface area is 117 Å². The molecule has 7 heteroatoms. The van der Waals surface area contributed by atoms with Crippen molar-refractivity contribution < 1.29 is 8.42 Å². The monoisotopic (exact) mass is 299 g/mol. The maximum Gasteiger partial charge on any atom is 0.243 e. The van der Waals surface area contributed by atoms with E-state index in [1.807, 2.05) is 18.2 Å². The Balaban J connectivity index is 2.04. The molecule has 0 spiro atoms. The molecule has 2 N–H and O–H groups in total. The van der Waals surface area contributed by atoms with Gasteiger partial charge in [0.1, 0.15) is 4.90 Å². The Morgan fingerprint density at radius 2 is 2.26 bits per heavy atom. The fourth-order valence-corrected chi connectivity index (χ4v) is 3.14. The van der Waals surface area contributed by atoms with Crippen LogP contribution in [0.4, 0.5) is 0 Å². The van der Waals surface area contributed by atoms with Gasteiger partial charge in [-0.2, -0.15) is 5.10 Å². The number of benzene rings is 1. The van der Waals surface area contributed by atoms with E-state index in [0.717, 1.165) is 5.56 Å². The smallest absolute Gasteiger partial charge is 0.243 e. The van der Waals surface area contributed by atoms with Gasteiger partial charge in [-0.25, -0.2) is 13.1 Å². The minimum Gasteiger partial charge on any atom is -0.284 e. The lowest BCUT2D eigenvalue weighted by Gasteiger charge is -2.13. The Morgan fingerprint density at radius 3 is 2.89 bits per heavy atom. The molecular weight excluding hydrogens is 286 g/mol. The van der Waals surface area contributed by atoms with Crippen LogP contribution in [0.25, 0.3) is 0 Å². The number of aromatic amines is 1. The van der Waals surface area contributed by atoms with Gasteiger partial charge in [0.2, 0.25) is 10.0 Å². The summed E-state index contributed by atoms with van der Waals surface area (Å²) in [7, 11) is -3.52. The van der Waals surface area contributed by atoms with Crippen LogP contribution >= 0.6 is 11.6 Å². The second kappa shape index (κ2) is 5.73. The molecule has 2 rings (SSSR count). The van der Waals surface area contributed by atoms with Gasteiger partial charge in [-0.05, 0) is 31.0 Å². The van der Waals surface area contributed by atoms with Crippen molar-refractivity contribution in [3.8, 4) is 0 Å². The highest BCUT2D eigenvalue weighted by molar-refractivity contribution is 7.89. The molecule has 1 unspecified atom stereocenters. The van der Waals surface area contributed by atoms with Gasteiger partial charge >= 0.3 is 0 Å². The molecule has 1 atom stereocenters. The molecule has 0 aliphatic carbocycles. The number of nitrogens with one attached hydrogen (secondary N) is 2. The molecule has 0 fully saturated rings. The van der Waals surface area contributed by atoms with Gasteiger partial charge in [-0.1, -0.05) is 23.7 Å². The van der Waals surface area contributed by atoms with Crippen LogP contribution in [-0.2, 0) is 16.4 Å². The van der Waals surface area contributed by atoms with Gasteiger partial charge in [0.05, 0.1) is 6.20 Å². The summed E-state index contributed by atoms with van der Waals surface area (Å²) in [5.74, 6) is 0. The van der Waals surface area contributed by atoms with Gasteiger partial charge in [-0.3, -0.25) is 5.10 Å². The normalized spacial score (nSPS) is 13.4. The fraction of sp³-hybridized carbons (Fsp3) is 0.250. The first-order valence-electron chi connectivity index (χ1n) is 5.73. The highest BCUT2D eigenvalue weighted by Gasteiger charge is 2.18. The first-order chi connectivity index (χ1) is 8.97. The van der Waals surface area contributed by atoms with E-state index in [0.29, 0.717) is 11.4 Å². The van der Waals surface area contributed by atoms with Gasteiger partial charge in [0.25, 0.3) is 0 Å². The van der Waals surface area contributed by atoms with Crippen molar-refractivity contribution in [2.24, 2.45) is 0 Å². The number of aromatic nitrogens is 2. The van der Waals surface area contributed by atoms with E-state index in [-0.39, 0.29) is 10.9 Å². The number of halogens is 1. The van der Waals surface area contributed by atoms with Crippen LogP contribution in [0.1, 0.15) is 12.5 Å². The third kappa shape index (κ3) is 3.79.